The molecule has 0 aromatic carbocycles. The number of carboxylic acid groups (broad SMARTS) is 1. The van der Waals surface area contributed by atoms with Crippen LogP contribution in [0.4, 0.5) is 4.79 Å². The lowest BCUT2D eigenvalue weighted by atomic mass is 10.1. The first-order valence-electron chi connectivity index (χ1n) is 14.3. The summed E-state index contributed by atoms with van der Waals surface area (Å²) in [6.45, 7) is 8.04. The number of hydrogen-bond acceptors (Lipinski definition) is 4. The van der Waals surface area contributed by atoms with E-state index in [2.05, 4.69) is 29.7 Å². The molecule has 0 unspecified atom stereocenters. The standard InChI is InChI=1S/C29H54N2O5/c1-5-6-7-8-9-10-11-12-13-14-15-16-17-18-19-23-26(32)31-25(27(33)34)22-20-21-24-30-28(35)36-29(2,3)4/h12-13,25H,5-11,14-24H2,1-4H3,(H,30,35)(H,31,32)(H,33,34)/t25-/m0/s1. The maximum atomic E-state index is 12.1. The fraction of sp³-hybridized carbons (Fsp3) is 0.828. The van der Waals surface area contributed by atoms with Crippen LogP contribution in [0.5, 0.6) is 0 Å². The van der Waals surface area contributed by atoms with Gasteiger partial charge >= 0.3 is 12.1 Å². The maximum absolute atomic E-state index is 12.1. The molecule has 7 heteroatoms. The van der Waals surface area contributed by atoms with Crippen LogP contribution in [0.1, 0.15) is 137 Å². The van der Waals surface area contributed by atoms with Crippen molar-refractivity contribution in [2.75, 3.05) is 6.54 Å². The molecule has 3 N–H and O–H groups in total. The Hall–Kier alpha value is -2.05. The highest BCUT2D eigenvalue weighted by atomic mass is 16.6. The number of nitrogens with one attached hydrogen (secondary N) is 2. The molecule has 0 heterocycles. The molecule has 2 amide bonds. The minimum Gasteiger partial charge on any atom is -0.480 e. The van der Waals surface area contributed by atoms with E-state index in [0.717, 1.165) is 32.1 Å². The molecule has 7 nitrogen and oxygen atoms in total. The molecule has 0 aliphatic carbocycles. The predicted octanol–water partition coefficient (Wildman–Crippen LogP) is 7.29. The number of aliphatic carboxylic acids is 1. The zero-order valence-electron chi connectivity index (χ0n) is 23.5. The molecule has 0 aliphatic heterocycles. The molecular weight excluding hydrogens is 456 g/mol. The van der Waals surface area contributed by atoms with E-state index >= 15 is 0 Å². The average Bonchev–Trinajstić information content (AvgIpc) is 2.79. The highest BCUT2D eigenvalue weighted by molar-refractivity contribution is 5.83. The first-order chi connectivity index (χ1) is 17.2. The smallest absolute Gasteiger partial charge is 0.407 e. The molecule has 0 saturated heterocycles. The van der Waals surface area contributed by atoms with Crippen LogP contribution in [0.3, 0.4) is 0 Å². The number of alkyl carbamates (subject to hydrolysis) is 1. The zero-order chi connectivity index (χ0) is 27.1. The molecule has 36 heavy (non-hydrogen) atoms. The van der Waals surface area contributed by atoms with Gasteiger partial charge in [-0.1, -0.05) is 70.4 Å². The summed E-state index contributed by atoms with van der Waals surface area (Å²) in [6, 6.07) is -0.887. The quantitative estimate of drug-likeness (QED) is 0.105. The molecule has 0 spiro atoms. The van der Waals surface area contributed by atoms with Crippen LogP contribution >= 0.6 is 0 Å². The summed E-state index contributed by atoms with van der Waals surface area (Å²) in [5.41, 5.74) is -0.549. The second kappa shape index (κ2) is 22.2. The Kier molecular flexibility index (Phi) is 20.9. The number of carbonyl (C=O) groups excluding carboxylic acids is 2. The number of amides is 2. The van der Waals surface area contributed by atoms with Gasteiger partial charge in [0, 0.05) is 13.0 Å². The normalized spacial score (nSPS) is 12.4. The van der Waals surface area contributed by atoms with Crippen LogP contribution in [0.2, 0.25) is 0 Å². The molecular formula is C29H54N2O5. The van der Waals surface area contributed by atoms with Gasteiger partial charge in [-0.2, -0.15) is 0 Å². The zero-order valence-corrected chi connectivity index (χ0v) is 23.5. The van der Waals surface area contributed by atoms with E-state index in [4.69, 9.17) is 4.74 Å². The van der Waals surface area contributed by atoms with Gasteiger partial charge in [0.25, 0.3) is 0 Å². The number of hydrogen-bond donors (Lipinski definition) is 3. The third kappa shape index (κ3) is 23.7. The molecule has 0 radical (unpaired) electrons. The van der Waals surface area contributed by atoms with E-state index in [1.807, 2.05) is 0 Å². The third-order valence-electron chi connectivity index (χ3n) is 5.89. The van der Waals surface area contributed by atoms with E-state index < -0.39 is 23.7 Å². The summed E-state index contributed by atoms with van der Waals surface area (Å²) in [4.78, 5) is 35.2. The van der Waals surface area contributed by atoms with Crippen LogP contribution in [-0.4, -0.2) is 41.3 Å². The number of unbranched alkanes of at least 4 members (excludes halogenated alkanes) is 12. The van der Waals surface area contributed by atoms with Crippen molar-refractivity contribution in [1.29, 1.82) is 0 Å². The van der Waals surface area contributed by atoms with E-state index in [0.29, 0.717) is 32.2 Å². The lowest BCUT2D eigenvalue weighted by molar-refractivity contribution is -0.142. The van der Waals surface area contributed by atoms with Gasteiger partial charge in [-0.05, 0) is 72.1 Å². The van der Waals surface area contributed by atoms with Crippen LogP contribution in [-0.2, 0) is 14.3 Å². The Morgan fingerprint density at radius 1 is 0.806 bits per heavy atom. The van der Waals surface area contributed by atoms with Crippen LogP contribution in [0.15, 0.2) is 12.2 Å². The van der Waals surface area contributed by atoms with Crippen molar-refractivity contribution in [3.63, 3.8) is 0 Å². The number of carboxylic acids is 1. The largest absolute Gasteiger partial charge is 0.480 e. The summed E-state index contributed by atoms with van der Waals surface area (Å²) in [5.74, 6) is -1.22. The predicted molar refractivity (Wildman–Crippen MR) is 147 cm³/mol. The van der Waals surface area contributed by atoms with Gasteiger partial charge in [0.2, 0.25) is 5.91 Å². The minimum atomic E-state index is -1.02. The van der Waals surface area contributed by atoms with E-state index in [9.17, 15) is 19.5 Å². The van der Waals surface area contributed by atoms with Crippen molar-refractivity contribution in [2.24, 2.45) is 0 Å². The maximum Gasteiger partial charge on any atom is 0.407 e. The molecule has 210 valence electrons. The van der Waals surface area contributed by atoms with Crippen molar-refractivity contribution in [3.05, 3.63) is 12.2 Å². The van der Waals surface area contributed by atoms with Crippen molar-refractivity contribution in [3.8, 4) is 0 Å². The third-order valence-corrected chi connectivity index (χ3v) is 5.89. The van der Waals surface area contributed by atoms with Crippen LogP contribution < -0.4 is 10.6 Å². The van der Waals surface area contributed by atoms with Crippen molar-refractivity contribution in [2.45, 2.75) is 148 Å². The fourth-order valence-corrected chi connectivity index (χ4v) is 3.86. The monoisotopic (exact) mass is 510 g/mol. The van der Waals surface area contributed by atoms with E-state index in [1.165, 1.54) is 51.4 Å². The number of rotatable bonds is 22. The highest BCUT2D eigenvalue weighted by Crippen LogP contribution is 2.11. The fourth-order valence-electron chi connectivity index (χ4n) is 3.86. The Bertz CT molecular complexity index is 613. The Balaban J connectivity index is 3.73. The molecule has 0 fully saturated rings. The van der Waals surface area contributed by atoms with Gasteiger partial charge in [-0.25, -0.2) is 9.59 Å². The first-order valence-corrected chi connectivity index (χ1v) is 14.3. The highest BCUT2D eigenvalue weighted by Gasteiger charge is 2.19. The lowest BCUT2D eigenvalue weighted by Gasteiger charge is -2.19. The lowest BCUT2D eigenvalue weighted by Crippen LogP contribution is -2.40. The molecule has 1 atom stereocenters. The molecule has 0 bridgehead atoms. The van der Waals surface area contributed by atoms with Crippen LogP contribution in [0, 0.1) is 0 Å². The summed E-state index contributed by atoms with van der Waals surface area (Å²) >= 11 is 0. The van der Waals surface area contributed by atoms with Crippen LogP contribution in [0.25, 0.3) is 0 Å². The van der Waals surface area contributed by atoms with Crippen molar-refractivity contribution in [1.82, 2.24) is 10.6 Å². The summed E-state index contributed by atoms with van der Waals surface area (Å²) in [6.07, 6.45) is 21.6. The summed E-state index contributed by atoms with van der Waals surface area (Å²) in [5, 5.41) is 14.7. The Labute approximate surface area is 220 Å². The molecule has 0 aromatic rings. The average molecular weight is 511 g/mol. The van der Waals surface area contributed by atoms with Gasteiger partial charge in [0.15, 0.2) is 0 Å². The topological polar surface area (TPSA) is 105 Å². The summed E-state index contributed by atoms with van der Waals surface area (Å²) in [7, 11) is 0. The second-order valence-electron chi connectivity index (χ2n) is 10.7. The molecule has 0 aromatic heterocycles. The van der Waals surface area contributed by atoms with Gasteiger partial charge in [0.1, 0.15) is 11.6 Å². The minimum absolute atomic E-state index is 0.202. The van der Waals surface area contributed by atoms with Gasteiger partial charge in [-0.3, -0.25) is 4.79 Å². The first kappa shape index (κ1) is 34.0. The second-order valence-corrected chi connectivity index (χ2v) is 10.7. The van der Waals surface area contributed by atoms with E-state index in [1.54, 1.807) is 20.8 Å². The molecule has 0 saturated carbocycles. The number of allylic oxidation sites excluding steroid dienone is 2. The Morgan fingerprint density at radius 2 is 1.36 bits per heavy atom. The van der Waals surface area contributed by atoms with Gasteiger partial charge in [0.05, 0.1) is 0 Å². The Morgan fingerprint density at radius 3 is 1.92 bits per heavy atom. The number of carbonyl (C=O) groups is 3. The van der Waals surface area contributed by atoms with Crippen molar-refractivity contribution < 1.29 is 24.2 Å². The van der Waals surface area contributed by atoms with E-state index in [-0.39, 0.29) is 5.91 Å². The SMILES string of the molecule is CCCCCCCCC=CCCCCCCCC(=O)N[C@@H](CCCCNC(=O)OC(C)(C)C)C(=O)O. The molecule has 0 aliphatic rings. The van der Waals surface area contributed by atoms with Gasteiger partial charge in [-0.15, -0.1) is 0 Å². The van der Waals surface area contributed by atoms with Gasteiger partial charge < -0.3 is 20.5 Å². The summed E-state index contributed by atoms with van der Waals surface area (Å²) < 4.78 is 5.16. The molecule has 0 rings (SSSR count). The number of ether oxygens (including phenoxy) is 1. The van der Waals surface area contributed by atoms with Crippen molar-refractivity contribution >= 4 is 18.0 Å².